The Morgan fingerprint density at radius 3 is 3.04 bits per heavy atom. The van der Waals surface area contributed by atoms with Crippen LogP contribution in [0.5, 0.6) is 0 Å². The average Bonchev–Trinajstić information content (AvgIpc) is 3.34. The average molecular weight is 372 g/mol. The van der Waals surface area contributed by atoms with Gasteiger partial charge in [-0.15, -0.1) is 11.8 Å². The normalized spacial score (nSPS) is 19.1. The van der Waals surface area contributed by atoms with Crippen LogP contribution in [0.3, 0.4) is 0 Å². The first-order chi connectivity index (χ1) is 12.7. The highest BCUT2D eigenvalue weighted by molar-refractivity contribution is 8.00. The number of nitrogens with one attached hydrogen (secondary N) is 1. The van der Waals surface area contributed by atoms with E-state index in [0.29, 0.717) is 30.1 Å². The van der Waals surface area contributed by atoms with Crippen molar-refractivity contribution >= 4 is 29.3 Å². The zero-order chi connectivity index (χ0) is 17.9. The predicted octanol–water partition coefficient (Wildman–Crippen LogP) is 3.15. The number of ether oxygens (including phenoxy) is 1. The molecule has 3 heterocycles. The van der Waals surface area contributed by atoms with Crippen molar-refractivity contribution in [2.45, 2.75) is 30.4 Å². The maximum absolute atomic E-state index is 13.1. The van der Waals surface area contributed by atoms with E-state index in [-0.39, 0.29) is 17.9 Å². The third-order valence-corrected chi connectivity index (χ3v) is 5.59. The van der Waals surface area contributed by atoms with Gasteiger partial charge in [0.1, 0.15) is 5.76 Å². The van der Waals surface area contributed by atoms with E-state index in [0.717, 1.165) is 30.1 Å². The first-order valence-electron chi connectivity index (χ1n) is 8.69. The van der Waals surface area contributed by atoms with E-state index in [1.807, 2.05) is 24.3 Å². The summed E-state index contributed by atoms with van der Waals surface area (Å²) in [6.45, 7) is 1.66. The van der Waals surface area contributed by atoms with Gasteiger partial charge in [-0.05, 0) is 43.2 Å². The molecule has 1 atom stereocenters. The Hall–Kier alpha value is -2.25. The quantitative estimate of drug-likeness (QED) is 0.873. The Morgan fingerprint density at radius 1 is 1.35 bits per heavy atom. The van der Waals surface area contributed by atoms with Crippen molar-refractivity contribution in [3.8, 4) is 0 Å². The van der Waals surface area contributed by atoms with Crippen molar-refractivity contribution in [1.29, 1.82) is 0 Å². The number of nitrogens with zero attached hydrogens (tertiary/aromatic N) is 1. The molecule has 1 aromatic carbocycles. The van der Waals surface area contributed by atoms with Gasteiger partial charge in [0.25, 0.3) is 5.91 Å². The number of anilines is 1. The summed E-state index contributed by atoms with van der Waals surface area (Å²) in [5.41, 5.74) is 1.25. The zero-order valence-corrected chi connectivity index (χ0v) is 15.1. The number of fused-ring (bicyclic) bond motifs is 1. The van der Waals surface area contributed by atoms with Crippen LogP contribution in [0.4, 0.5) is 5.69 Å². The highest BCUT2D eigenvalue weighted by atomic mass is 32.2. The molecule has 2 amide bonds. The van der Waals surface area contributed by atoms with Gasteiger partial charge in [-0.1, -0.05) is 0 Å². The van der Waals surface area contributed by atoms with Crippen LogP contribution in [-0.4, -0.2) is 41.7 Å². The summed E-state index contributed by atoms with van der Waals surface area (Å²) in [7, 11) is 0. The van der Waals surface area contributed by atoms with Crippen LogP contribution < -0.4 is 5.32 Å². The molecule has 136 valence electrons. The van der Waals surface area contributed by atoms with Crippen LogP contribution >= 0.6 is 11.8 Å². The Morgan fingerprint density at radius 2 is 2.27 bits per heavy atom. The third-order valence-electron chi connectivity index (χ3n) is 4.52. The number of benzene rings is 1. The summed E-state index contributed by atoms with van der Waals surface area (Å²) in [5, 5.41) is 2.84. The van der Waals surface area contributed by atoms with Gasteiger partial charge in [-0.3, -0.25) is 9.59 Å². The van der Waals surface area contributed by atoms with Crippen molar-refractivity contribution in [1.82, 2.24) is 4.90 Å². The number of thioether (sulfide) groups is 1. The van der Waals surface area contributed by atoms with Gasteiger partial charge < -0.3 is 19.4 Å². The SMILES string of the molecule is O=C1CSc2ccc(C(=O)N(Cc3ccco3)CC3CCCO3)cc2N1. The van der Waals surface area contributed by atoms with E-state index < -0.39 is 0 Å². The van der Waals surface area contributed by atoms with Crippen LogP contribution in [-0.2, 0) is 16.1 Å². The molecule has 4 rings (SSSR count). The molecule has 1 saturated heterocycles. The fourth-order valence-corrected chi connectivity index (χ4v) is 4.03. The van der Waals surface area contributed by atoms with Crippen molar-refractivity contribution in [3.05, 3.63) is 47.9 Å². The number of hydrogen-bond donors (Lipinski definition) is 1. The van der Waals surface area contributed by atoms with Crippen molar-refractivity contribution in [3.63, 3.8) is 0 Å². The smallest absolute Gasteiger partial charge is 0.254 e. The summed E-state index contributed by atoms with van der Waals surface area (Å²) < 4.78 is 11.1. The topological polar surface area (TPSA) is 71.8 Å². The largest absolute Gasteiger partial charge is 0.467 e. The summed E-state index contributed by atoms with van der Waals surface area (Å²) in [6.07, 6.45) is 3.64. The van der Waals surface area contributed by atoms with E-state index in [4.69, 9.17) is 9.15 Å². The number of amides is 2. The predicted molar refractivity (Wildman–Crippen MR) is 98.2 cm³/mol. The van der Waals surface area contributed by atoms with E-state index in [1.54, 1.807) is 17.2 Å². The molecule has 1 aromatic heterocycles. The molecule has 1 N–H and O–H groups in total. The summed E-state index contributed by atoms with van der Waals surface area (Å²) in [4.78, 5) is 27.5. The molecule has 0 aliphatic carbocycles. The van der Waals surface area contributed by atoms with Crippen molar-refractivity contribution in [2.24, 2.45) is 0 Å². The second-order valence-electron chi connectivity index (χ2n) is 6.45. The molecule has 26 heavy (non-hydrogen) atoms. The van der Waals surface area contributed by atoms with Gasteiger partial charge in [0.15, 0.2) is 0 Å². The van der Waals surface area contributed by atoms with Gasteiger partial charge in [-0.25, -0.2) is 0 Å². The van der Waals surface area contributed by atoms with Crippen LogP contribution in [0.25, 0.3) is 0 Å². The molecular weight excluding hydrogens is 352 g/mol. The lowest BCUT2D eigenvalue weighted by atomic mass is 10.1. The molecule has 0 radical (unpaired) electrons. The Balaban J connectivity index is 1.56. The van der Waals surface area contributed by atoms with Gasteiger partial charge in [0.05, 0.1) is 30.4 Å². The second kappa shape index (κ2) is 7.55. The molecular formula is C19H20N2O4S. The Kier molecular flexibility index (Phi) is 4.99. The standard InChI is InChI=1S/C19H20N2O4S/c22-18-12-26-17-6-5-13(9-16(17)20-18)19(23)21(10-14-3-1-7-24-14)11-15-4-2-8-25-15/h1,3,5-7,9,15H,2,4,8,10-12H2,(H,20,22). The number of carbonyl (C=O) groups excluding carboxylic acids is 2. The van der Waals surface area contributed by atoms with E-state index >= 15 is 0 Å². The van der Waals surface area contributed by atoms with Crippen molar-refractivity contribution < 1.29 is 18.7 Å². The van der Waals surface area contributed by atoms with E-state index in [9.17, 15) is 9.59 Å². The summed E-state index contributed by atoms with van der Waals surface area (Å²) in [6, 6.07) is 9.14. The van der Waals surface area contributed by atoms with Crippen LogP contribution in [0, 0.1) is 0 Å². The molecule has 1 unspecified atom stereocenters. The van der Waals surface area contributed by atoms with E-state index in [1.165, 1.54) is 11.8 Å². The second-order valence-corrected chi connectivity index (χ2v) is 7.47. The monoisotopic (exact) mass is 372 g/mol. The fourth-order valence-electron chi connectivity index (χ4n) is 3.24. The molecule has 0 saturated carbocycles. The molecule has 7 heteroatoms. The van der Waals surface area contributed by atoms with Gasteiger partial charge >= 0.3 is 0 Å². The molecule has 6 nitrogen and oxygen atoms in total. The lowest BCUT2D eigenvalue weighted by Gasteiger charge is -2.25. The van der Waals surface area contributed by atoms with Gasteiger partial charge in [0.2, 0.25) is 5.91 Å². The van der Waals surface area contributed by atoms with E-state index in [2.05, 4.69) is 5.32 Å². The number of furan rings is 1. The fraction of sp³-hybridized carbons (Fsp3) is 0.368. The Labute approximate surface area is 155 Å². The molecule has 0 spiro atoms. The molecule has 1 fully saturated rings. The van der Waals surface area contributed by atoms with Gasteiger partial charge in [0, 0.05) is 23.6 Å². The number of hydrogen-bond acceptors (Lipinski definition) is 5. The third kappa shape index (κ3) is 3.78. The minimum Gasteiger partial charge on any atom is -0.467 e. The minimum absolute atomic E-state index is 0.0427. The molecule has 2 aromatic rings. The highest BCUT2D eigenvalue weighted by Gasteiger charge is 2.25. The number of carbonyl (C=O) groups is 2. The maximum atomic E-state index is 13.1. The lowest BCUT2D eigenvalue weighted by molar-refractivity contribution is -0.113. The van der Waals surface area contributed by atoms with Crippen LogP contribution in [0.1, 0.15) is 29.0 Å². The van der Waals surface area contributed by atoms with Gasteiger partial charge in [-0.2, -0.15) is 0 Å². The Bertz CT molecular complexity index is 800. The minimum atomic E-state index is -0.0930. The molecule has 2 aliphatic heterocycles. The molecule has 0 bridgehead atoms. The van der Waals surface area contributed by atoms with Crippen molar-refractivity contribution in [2.75, 3.05) is 24.2 Å². The lowest BCUT2D eigenvalue weighted by Crippen LogP contribution is -2.37. The summed E-state index contributed by atoms with van der Waals surface area (Å²) in [5.74, 6) is 1.01. The van der Waals surface area contributed by atoms with Crippen LogP contribution in [0.15, 0.2) is 45.9 Å². The number of rotatable bonds is 5. The first kappa shape index (κ1) is 17.2. The first-order valence-corrected chi connectivity index (χ1v) is 9.67. The highest BCUT2D eigenvalue weighted by Crippen LogP contribution is 2.32. The zero-order valence-electron chi connectivity index (χ0n) is 14.3. The maximum Gasteiger partial charge on any atom is 0.254 e. The molecule has 2 aliphatic rings. The summed E-state index contributed by atoms with van der Waals surface area (Å²) >= 11 is 1.48. The van der Waals surface area contributed by atoms with Crippen LogP contribution in [0.2, 0.25) is 0 Å².